The van der Waals surface area contributed by atoms with Crippen LogP contribution in [0, 0.1) is 0 Å². The molecule has 4 nitrogen and oxygen atoms in total. The highest BCUT2D eigenvalue weighted by molar-refractivity contribution is 6.33. The van der Waals surface area contributed by atoms with Crippen LogP contribution in [0.5, 0.6) is 0 Å². The van der Waals surface area contributed by atoms with Crippen LogP contribution in [0.3, 0.4) is 0 Å². The second kappa shape index (κ2) is 6.03. The molecule has 0 atom stereocenters. The minimum atomic E-state index is -0.331. The van der Waals surface area contributed by atoms with Gasteiger partial charge in [-0.2, -0.15) is 5.10 Å². The van der Waals surface area contributed by atoms with Crippen molar-refractivity contribution in [2.75, 3.05) is 0 Å². The average Bonchev–Trinajstić information content (AvgIpc) is 2.85. The Hall–Kier alpha value is -2.59. The molecule has 1 N–H and O–H groups in total. The van der Waals surface area contributed by atoms with Gasteiger partial charge in [-0.15, -0.1) is 0 Å². The molecule has 1 amide bonds. The number of hydrazone groups is 1. The fourth-order valence-electron chi connectivity index (χ4n) is 2.34. The van der Waals surface area contributed by atoms with Crippen LogP contribution in [0.25, 0.3) is 10.9 Å². The number of nitrogens with one attached hydrogen (secondary N) is 1. The van der Waals surface area contributed by atoms with Gasteiger partial charge in [-0.3, -0.25) is 4.79 Å². The van der Waals surface area contributed by atoms with Gasteiger partial charge in [-0.25, -0.2) is 5.43 Å². The normalized spacial score (nSPS) is 11.2. The zero-order chi connectivity index (χ0) is 15.5. The van der Waals surface area contributed by atoms with Gasteiger partial charge in [0.15, 0.2) is 0 Å². The van der Waals surface area contributed by atoms with Crippen LogP contribution >= 0.6 is 11.6 Å². The molecule has 3 aromatic rings. The van der Waals surface area contributed by atoms with E-state index in [0.29, 0.717) is 10.6 Å². The number of benzene rings is 2. The maximum atomic E-state index is 12.0. The van der Waals surface area contributed by atoms with Crippen molar-refractivity contribution in [3.63, 3.8) is 0 Å². The fraction of sp³-hybridized carbons (Fsp3) is 0.0588. The molecule has 0 aliphatic rings. The van der Waals surface area contributed by atoms with E-state index in [2.05, 4.69) is 10.5 Å². The summed E-state index contributed by atoms with van der Waals surface area (Å²) < 4.78 is 2.02. The number of rotatable bonds is 3. The number of para-hydroxylation sites is 1. The van der Waals surface area contributed by atoms with Gasteiger partial charge in [-0.05, 0) is 18.2 Å². The summed E-state index contributed by atoms with van der Waals surface area (Å²) in [7, 11) is 1.97. The second-order valence-corrected chi connectivity index (χ2v) is 5.30. The summed E-state index contributed by atoms with van der Waals surface area (Å²) in [5.41, 5.74) is 4.96. The van der Waals surface area contributed by atoms with Crippen LogP contribution in [-0.4, -0.2) is 16.7 Å². The Balaban J connectivity index is 1.80. The van der Waals surface area contributed by atoms with E-state index in [1.807, 2.05) is 42.1 Å². The van der Waals surface area contributed by atoms with Gasteiger partial charge >= 0.3 is 0 Å². The van der Waals surface area contributed by atoms with Crippen molar-refractivity contribution in [3.05, 3.63) is 70.9 Å². The number of aromatic nitrogens is 1. The molecule has 1 heterocycles. The van der Waals surface area contributed by atoms with Crippen molar-refractivity contribution >= 4 is 34.6 Å². The molecule has 0 saturated heterocycles. The van der Waals surface area contributed by atoms with Crippen molar-refractivity contribution in [2.24, 2.45) is 12.1 Å². The average molecular weight is 312 g/mol. The SMILES string of the molecule is Cn1cc(/C=N\NC(=O)c2ccccc2Cl)c2ccccc21. The monoisotopic (exact) mass is 311 g/mol. The first kappa shape index (κ1) is 14.4. The number of halogens is 1. The lowest BCUT2D eigenvalue weighted by Crippen LogP contribution is -2.17. The number of carbonyl (C=O) groups is 1. The van der Waals surface area contributed by atoms with E-state index < -0.39 is 0 Å². The van der Waals surface area contributed by atoms with Crippen molar-refractivity contribution in [1.29, 1.82) is 0 Å². The highest BCUT2D eigenvalue weighted by Crippen LogP contribution is 2.18. The molecule has 0 unspecified atom stereocenters. The van der Waals surface area contributed by atoms with Crippen molar-refractivity contribution in [2.45, 2.75) is 0 Å². The highest BCUT2D eigenvalue weighted by Gasteiger charge is 2.08. The molecule has 0 radical (unpaired) electrons. The largest absolute Gasteiger partial charge is 0.350 e. The Morgan fingerprint density at radius 3 is 2.73 bits per heavy atom. The fourth-order valence-corrected chi connectivity index (χ4v) is 2.56. The lowest BCUT2D eigenvalue weighted by atomic mass is 10.2. The molecule has 0 aliphatic heterocycles. The Labute approximate surface area is 133 Å². The van der Waals surface area contributed by atoms with Crippen molar-refractivity contribution < 1.29 is 4.79 Å². The van der Waals surface area contributed by atoms with Gasteiger partial charge in [0.2, 0.25) is 0 Å². The summed E-state index contributed by atoms with van der Waals surface area (Å²) in [5.74, 6) is -0.331. The summed E-state index contributed by atoms with van der Waals surface area (Å²) in [6, 6.07) is 14.9. The zero-order valence-corrected chi connectivity index (χ0v) is 12.7. The van der Waals surface area contributed by atoms with Crippen LogP contribution in [-0.2, 0) is 7.05 Å². The molecule has 0 saturated carbocycles. The first-order valence-corrected chi connectivity index (χ1v) is 7.16. The predicted molar refractivity (Wildman–Crippen MR) is 89.4 cm³/mol. The van der Waals surface area contributed by atoms with E-state index in [9.17, 15) is 4.79 Å². The minimum Gasteiger partial charge on any atom is -0.350 e. The van der Waals surface area contributed by atoms with Crippen LogP contribution in [0.1, 0.15) is 15.9 Å². The summed E-state index contributed by atoms with van der Waals surface area (Å²) >= 11 is 5.98. The van der Waals surface area contributed by atoms with Gasteiger partial charge in [-0.1, -0.05) is 41.9 Å². The maximum absolute atomic E-state index is 12.0. The Kier molecular flexibility index (Phi) is 3.94. The Morgan fingerprint density at radius 1 is 1.18 bits per heavy atom. The number of nitrogens with zero attached hydrogens (tertiary/aromatic N) is 2. The predicted octanol–water partition coefficient (Wildman–Crippen LogP) is 3.60. The third kappa shape index (κ3) is 2.73. The molecule has 0 fully saturated rings. The van der Waals surface area contributed by atoms with Crippen LogP contribution in [0.2, 0.25) is 5.02 Å². The van der Waals surface area contributed by atoms with E-state index in [-0.39, 0.29) is 5.91 Å². The lowest BCUT2D eigenvalue weighted by Gasteiger charge is -2.01. The number of hydrogen-bond acceptors (Lipinski definition) is 2. The highest BCUT2D eigenvalue weighted by atomic mass is 35.5. The van der Waals surface area contributed by atoms with Crippen LogP contribution in [0.4, 0.5) is 0 Å². The molecule has 1 aromatic heterocycles. The first-order valence-electron chi connectivity index (χ1n) is 6.79. The number of amides is 1. The topological polar surface area (TPSA) is 46.4 Å². The van der Waals surface area contributed by atoms with Gasteiger partial charge in [0.05, 0.1) is 16.8 Å². The zero-order valence-electron chi connectivity index (χ0n) is 12.0. The van der Waals surface area contributed by atoms with Gasteiger partial charge < -0.3 is 4.57 Å². The third-order valence-corrected chi connectivity index (χ3v) is 3.75. The van der Waals surface area contributed by atoms with E-state index >= 15 is 0 Å². The number of hydrogen-bond donors (Lipinski definition) is 1. The van der Waals surface area contributed by atoms with Crippen LogP contribution < -0.4 is 5.43 Å². The molecule has 0 spiro atoms. The van der Waals surface area contributed by atoms with E-state index in [1.54, 1.807) is 30.5 Å². The van der Waals surface area contributed by atoms with Crippen molar-refractivity contribution in [3.8, 4) is 0 Å². The lowest BCUT2D eigenvalue weighted by molar-refractivity contribution is 0.0955. The van der Waals surface area contributed by atoms with E-state index in [0.717, 1.165) is 16.5 Å². The second-order valence-electron chi connectivity index (χ2n) is 4.89. The molecule has 0 bridgehead atoms. The maximum Gasteiger partial charge on any atom is 0.272 e. The van der Waals surface area contributed by atoms with E-state index in [1.165, 1.54) is 0 Å². The summed E-state index contributed by atoms with van der Waals surface area (Å²) in [6.45, 7) is 0. The molecular formula is C17H14ClN3O. The van der Waals surface area contributed by atoms with Gasteiger partial charge in [0.25, 0.3) is 5.91 Å². The molecule has 2 aromatic carbocycles. The summed E-state index contributed by atoms with van der Waals surface area (Å²) in [5, 5.41) is 5.51. The minimum absolute atomic E-state index is 0.331. The van der Waals surface area contributed by atoms with E-state index in [4.69, 9.17) is 11.6 Å². The molecule has 5 heteroatoms. The third-order valence-electron chi connectivity index (χ3n) is 3.42. The number of carbonyl (C=O) groups excluding carboxylic acids is 1. The molecule has 3 rings (SSSR count). The Morgan fingerprint density at radius 2 is 1.91 bits per heavy atom. The van der Waals surface area contributed by atoms with Gasteiger partial charge in [0, 0.05) is 29.7 Å². The molecule has 22 heavy (non-hydrogen) atoms. The quantitative estimate of drug-likeness (QED) is 0.583. The smallest absolute Gasteiger partial charge is 0.272 e. The Bertz CT molecular complexity index is 867. The molecule has 0 aliphatic carbocycles. The first-order chi connectivity index (χ1) is 10.7. The number of aryl methyl sites for hydroxylation is 1. The standard InChI is InChI=1S/C17H14ClN3O/c1-21-11-12(13-6-3-5-9-16(13)21)10-19-20-17(22)14-7-2-4-8-15(14)18/h2-11H,1H3,(H,20,22)/b19-10-. The molecule has 110 valence electrons. The van der Waals surface area contributed by atoms with Crippen LogP contribution in [0.15, 0.2) is 59.8 Å². The summed E-state index contributed by atoms with van der Waals surface area (Å²) in [4.78, 5) is 12.0. The number of fused-ring (bicyclic) bond motifs is 1. The molecular weight excluding hydrogens is 298 g/mol. The summed E-state index contributed by atoms with van der Waals surface area (Å²) in [6.07, 6.45) is 3.60. The van der Waals surface area contributed by atoms with Crippen molar-refractivity contribution in [1.82, 2.24) is 9.99 Å². The van der Waals surface area contributed by atoms with Gasteiger partial charge in [0.1, 0.15) is 0 Å².